The molecule has 2 saturated heterocycles. The first-order valence-electron chi connectivity index (χ1n) is 21.7. The maximum Gasteiger partial charge on any atom is 0.415 e. The molecule has 3 aromatic rings. The molecule has 0 radical (unpaired) electrons. The number of piperazine rings is 1. The van der Waals surface area contributed by atoms with Crippen LogP contribution in [0.3, 0.4) is 0 Å². The summed E-state index contributed by atoms with van der Waals surface area (Å²) >= 11 is 1.79. The number of likely N-dealkylation sites (tertiary alicyclic amines) is 1. The molecule has 57 heavy (non-hydrogen) atoms. The number of carbonyl (C=O) groups is 3. The first-order valence-corrected chi connectivity index (χ1v) is 22.6. The zero-order chi connectivity index (χ0) is 39.2. The van der Waals surface area contributed by atoms with E-state index in [9.17, 15) is 14.4 Å². The number of hydrogen-bond acceptors (Lipinski definition) is 7. The molecule has 1 spiro atoms. The van der Waals surface area contributed by atoms with Gasteiger partial charge in [0.15, 0.2) is 0 Å². The normalized spacial score (nSPS) is 26.4. The summed E-state index contributed by atoms with van der Waals surface area (Å²) in [6.07, 6.45) is 15.2. The van der Waals surface area contributed by atoms with E-state index in [1.165, 1.54) is 44.1 Å². The molecule has 10 heteroatoms. The third-order valence-corrected chi connectivity index (χ3v) is 14.7. The van der Waals surface area contributed by atoms with Gasteiger partial charge in [0.05, 0.1) is 12.6 Å². The SMILES string of the molecule is CC1CC=C(CNC(=O)[C@@H]2CN(C(=O)Oc3cccc4ccccc34)CCN2C(=O)[C@@H](CC2CCCCC2)NC2CCC3(CC2)CCN(Cc2ccccc2)C3)S1. The summed E-state index contributed by atoms with van der Waals surface area (Å²) in [6.45, 7) is 6.61. The van der Waals surface area contributed by atoms with E-state index in [1.54, 1.807) is 27.6 Å². The number of nitrogens with one attached hydrogen (secondary N) is 2. The van der Waals surface area contributed by atoms with Crippen LogP contribution in [0.1, 0.15) is 89.5 Å². The van der Waals surface area contributed by atoms with E-state index < -0.39 is 12.1 Å². The molecule has 2 N–H and O–H groups in total. The van der Waals surface area contributed by atoms with Crippen molar-refractivity contribution < 1.29 is 19.1 Å². The zero-order valence-electron chi connectivity index (χ0n) is 33.7. The van der Waals surface area contributed by atoms with Crippen molar-refractivity contribution in [3.63, 3.8) is 0 Å². The lowest BCUT2D eigenvalue weighted by Crippen LogP contribution is -2.65. The molecule has 1 unspecified atom stereocenters. The summed E-state index contributed by atoms with van der Waals surface area (Å²) in [6, 6.07) is 23.4. The summed E-state index contributed by atoms with van der Waals surface area (Å²) in [5.74, 6) is 0.768. The molecule has 2 saturated carbocycles. The van der Waals surface area contributed by atoms with Crippen LogP contribution in [0.4, 0.5) is 4.79 Å². The Bertz CT molecular complexity index is 1890. The van der Waals surface area contributed by atoms with Crippen LogP contribution in [-0.4, -0.2) is 95.3 Å². The van der Waals surface area contributed by atoms with Gasteiger partial charge in [0.2, 0.25) is 11.8 Å². The topological polar surface area (TPSA) is 94.2 Å². The highest BCUT2D eigenvalue weighted by atomic mass is 32.2. The molecule has 5 aliphatic rings. The molecule has 0 aromatic heterocycles. The van der Waals surface area contributed by atoms with Crippen molar-refractivity contribution in [2.45, 2.75) is 114 Å². The van der Waals surface area contributed by atoms with Crippen LogP contribution in [0.25, 0.3) is 10.8 Å². The Balaban J connectivity index is 0.958. The Morgan fingerprint density at radius 3 is 2.44 bits per heavy atom. The van der Waals surface area contributed by atoms with Crippen LogP contribution in [0.15, 0.2) is 83.8 Å². The van der Waals surface area contributed by atoms with Gasteiger partial charge in [-0.3, -0.25) is 14.5 Å². The van der Waals surface area contributed by atoms with Gasteiger partial charge in [-0.1, -0.05) is 112 Å². The van der Waals surface area contributed by atoms with Gasteiger partial charge < -0.3 is 25.2 Å². The van der Waals surface area contributed by atoms with Gasteiger partial charge in [-0.15, -0.1) is 11.8 Å². The van der Waals surface area contributed by atoms with Gasteiger partial charge in [0, 0.05) is 54.3 Å². The smallest absolute Gasteiger partial charge is 0.410 e. The van der Waals surface area contributed by atoms with Crippen LogP contribution in [0, 0.1) is 11.3 Å². The van der Waals surface area contributed by atoms with Crippen molar-refractivity contribution in [3.8, 4) is 5.75 Å². The Labute approximate surface area is 343 Å². The van der Waals surface area contributed by atoms with E-state index in [4.69, 9.17) is 4.74 Å². The second-order valence-electron chi connectivity index (χ2n) is 17.6. The average Bonchev–Trinajstić information content (AvgIpc) is 3.85. The third kappa shape index (κ3) is 9.89. The Morgan fingerprint density at radius 2 is 1.65 bits per heavy atom. The fourth-order valence-electron chi connectivity index (χ4n) is 10.2. The van der Waals surface area contributed by atoms with Crippen LogP contribution >= 0.6 is 11.8 Å². The largest absolute Gasteiger partial charge is 0.415 e. The second kappa shape index (κ2) is 18.4. The lowest BCUT2D eigenvalue weighted by atomic mass is 9.71. The maximum absolute atomic E-state index is 15.0. The highest BCUT2D eigenvalue weighted by Gasteiger charge is 2.44. The number of ether oxygens (including phenoxy) is 1. The minimum atomic E-state index is -0.810. The lowest BCUT2D eigenvalue weighted by Gasteiger charge is -2.43. The number of thioether (sulfide) groups is 1. The van der Waals surface area contributed by atoms with Gasteiger partial charge >= 0.3 is 6.09 Å². The van der Waals surface area contributed by atoms with E-state index in [0.717, 1.165) is 73.8 Å². The van der Waals surface area contributed by atoms with Gasteiger partial charge in [0.25, 0.3) is 0 Å². The van der Waals surface area contributed by atoms with E-state index in [1.807, 2.05) is 36.4 Å². The standard InChI is InChI=1S/C47H61N5O4S/c1-34-19-20-39(57-34)30-48-44(53)42-32-51(46(55)56-43-18-10-16-37-15-8-9-17-40(37)43)27-28-52(42)45(54)41(29-35-11-4-2-5-12-35)49-38-21-23-47(24-22-38)25-26-50(33-47)31-36-13-6-3-7-14-36/h3,6-10,13-18,20,34-35,38,41-42,49H,2,4-5,11-12,19,21-33H2,1H3,(H,48,53)/t34?,38?,41-,42+,47?/m1/s1. The number of allylic oxidation sites excluding steroid dienone is 1. The predicted molar refractivity (Wildman–Crippen MR) is 229 cm³/mol. The minimum absolute atomic E-state index is 0.000984. The molecule has 2 aliphatic carbocycles. The minimum Gasteiger partial charge on any atom is -0.410 e. The fourth-order valence-corrected chi connectivity index (χ4v) is 11.3. The molecule has 3 amide bonds. The number of nitrogens with zero attached hydrogens (tertiary/aromatic N) is 3. The van der Waals surface area contributed by atoms with Crippen LogP contribution < -0.4 is 15.4 Å². The highest BCUT2D eigenvalue weighted by Crippen LogP contribution is 2.44. The quantitative estimate of drug-likeness (QED) is 0.203. The first-order chi connectivity index (χ1) is 27.8. The monoisotopic (exact) mass is 791 g/mol. The number of fused-ring (bicyclic) bond motifs is 1. The van der Waals surface area contributed by atoms with Crippen molar-refractivity contribution in [3.05, 3.63) is 89.3 Å². The second-order valence-corrected chi connectivity index (χ2v) is 19.1. The molecular weight excluding hydrogens is 731 g/mol. The van der Waals surface area contributed by atoms with Crippen molar-refractivity contribution in [1.82, 2.24) is 25.3 Å². The Morgan fingerprint density at radius 1 is 0.877 bits per heavy atom. The van der Waals surface area contributed by atoms with E-state index in [0.29, 0.717) is 35.4 Å². The number of amides is 3. The van der Waals surface area contributed by atoms with E-state index in [-0.39, 0.29) is 37.0 Å². The summed E-state index contributed by atoms with van der Waals surface area (Å²) in [5.41, 5.74) is 1.74. The Kier molecular flexibility index (Phi) is 12.9. The van der Waals surface area contributed by atoms with Gasteiger partial charge in [-0.25, -0.2) is 4.79 Å². The van der Waals surface area contributed by atoms with Gasteiger partial charge in [-0.2, -0.15) is 0 Å². The molecule has 4 fully saturated rings. The molecule has 9 nitrogen and oxygen atoms in total. The predicted octanol–water partition coefficient (Wildman–Crippen LogP) is 8.14. The fraction of sp³-hybridized carbons (Fsp3) is 0.553. The molecule has 8 rings (SSSR count). The third-order valence-electron chi connectivity index (χ3n) is 13.5. The molecule has 3 heterocycles. The Hall–Kier alpha value is -3.86. The van der Waals surface area contributed by atoms with Crippen molar-refractivity contribution in [2.24, 2.45) is 11.3 Å². The van der Waals surface area contributed by atoms with Crippen LogP contribution in [0.5, 0.6) is 5.75 Å². The van der Waals surface area contributed by atoms with Gasteiger partial charge in [-0.05, 0) is 79.8 Å². The zero-order valence-corrected chi connectivity index (χ0v) is 34.5. The molecular formula is C47H61N5O4S. The van der Waals surface area contributed by atoms with E-state index >= 15 is 0 Å². The van der Waals surface area contributed by atoms with E-state index in [2.05, 4.69) is 58.9 Å². The molecule has 3 atom stereocenters. The molecule has 3 aromatic carbocycles. The number of hydrogen-bond donors (Lipinski definition) is 2. The molecule has 0 bridgehead atoms. The molecule has 3 aliphatic heterocycles. The van der Waals surface area contributed by atoms with Crippen molar-refractivity contribution in [1.29, 1.82) is 0 Å². The number of carbonyl (C=O) groups excluding carboxylic acids is 3. The van der Waals surface area contributed by atoms with Crippen LogP contribution in [0.2, 0.25) is 0 Å². The number of benzene rings is 3. The lowest BCUT2D eigenvalue weighted by molar-refractivity contribution is -0.145. The number of rotatable bonds is 11. The maximum atomic E-state index is 15.0. The average molecular weight is 792 g/mol. The van der Waals surface area contributed by atoms with Gasteiger partial charge in [0.1, 0.15) is 11.8 Å². The summed E-state index contributed by atoms with van der Waals surface area (Å²) in [5, 5.41) is 9.42. The summed E-state index contributed by atoms with van der Waals surface area (Å²) in [7, 11) is 0. The first kappa shape index (κ1) is 39.9. The summed E-state index contributed by atoms with van der Waals surface area (Å²) in [4.78, 5) is 50.1. The van der Waals surface area contributed by atoms with Crippen molar-refractivity contribution >= 4 is 40.4 Å². The van der Waals surface area contributed by atoms with Crippen LogP contribution in [-0.2, 0) is 16.1 Å². The summed E-state index contributed by atoms with van der Waals surface area (Å²) < 4.78 is 5.99. The molecule has 304 valence electrons. The van der Waals surface area contributed by atoms with Crippen molar-refractivity contribution in [2.75, 3.05) is 39.3 Å². The highest BCUT2D eigenvalue weighted by molar-refractivity contribution is 8.03.